The summed E-state index contributed by atoms with van der Waals surface area (Å²) in [5.41, 5.74) is 3.14. The van der Waals surface area contributed by atoms with E-state index in [4.69, 9.17) is 4.74 Å². The van der Waals surface area contributed by atoms with Crippen LogP contribution in [-0.4, -0.2) is 57.9 Å². The zero-order chi connectivity index (χ0) is 19.1. The first-order valence-electron chi connectivity index (χ1n) is 9.32. The van der Waals surface area contributed by atoms with Crippen LogP contribution in [0.1, 0.15) is 11.6 Å². The molecule has 1 aliphatic heterocycles. The minimum atomic E-state index is -0.190. The molecule has 0 saturated carbocycles. The first-order valence-corrected chi connectivity index (χ1v) is 9.32. The van der Waals surface area contributed by atoms with Gasteiger partial charge in [-0.2, -0.15) is 0 Å². The molecule has 1 fully saturated rings. The molecule has 0 aliphatic carbocycles. The van der Waals surface area contributed by atoms with Gasteiger partial charge >= 0.3 is 6.03 Å². The molecule has 2 aromatic rings. The highest BCUT2D eigenvalue weighted by Gasteiger charge is 2.23. The second kappa shape index (κ2) is 9.39. The average Bonchev–Trinajstić information content (AvgIpc) is 2.70. The number of hydrogen-bond acceptors (Lipinski definition) is 4. The van der Waals surface area contributed by atoms with Gasteiger partial charge in [0.25, 0.3) is 0 Å². The third-order valence-electron chi connectivity index (χ3n) is 4.77. The topological polar surface area (TPSA) is 56.8 Å². The van der Waals surface area contributed by atoms with E-state index in [1.807, 2.05) is 44.4 Å². The Hall–Kier alpha value is -2.57. The Labute approximate surface area is 161 Å². The van der Waals surface area contributed by atoms with Gasteiger partial charge in [0, 0.05) is 45.1 Å². The van der Waals surface area contributed by atoms with Crippen LogP contribution < -0.4 is 15.5 Å². The number of urea groups is 1. The van der Waals surface area contributed by atoms with Crippen LogP contribution in [0.25, 0.3) is 0 Å². The van der Waals surface area contributed by atoms with Crippen LogP contribution in [0, 0.1) is 0 Å². The fourth-order valence-corrected chi connectivity index (χ4v) is 3.23. The van der Waals surface area contributed by atoms with Crippen molar-refractivity contribution in [3.05, 3.63) is 60.2 Å². The van der Waals surface area contributed by atoms with Crippen molar-refractivity contribution in [1.29, 1.82) is 0 Å². The zero-order valence-corrected chi connectivity index (χ0v) is 16.0. The molecule has 0 bridgehead atoms. The molecule has 1 atom stereocenters. The van der Waals surface area contributed by atoms with E-state index < -0.39 is 0 Å². The lowest BCUT2D eigenvalue weighted by Crippen LogP contribution is -2.44. The molecule has 1 unspecified atom stereocenters. The molecule has 144 valence electrons. The van der Waals surface area contributed by atoms with Gasteiger partial charge in [-0.1, -0.05) is 30.3 Å². The Bertz CT molecular complexity index is 713. The summed E-state index contributed by atoms with van der Waals surface area (Å²) < 4.78 is 5.49. The maximum Gasteiger partial charge on any atom is 0.319 e. The number of hydrogen-bond donors (Lipinski definition) is 2. The number of benzene rings is 2. The van der Waals surface area contributed by atoms with E-state index in [0.717, 1.165) is 37.7 Å². The Balaban J connectivity index is 1.67. The highest BCUT2D eigenvalue weighted by molar-refractivity contribution is 5.89. The number of amides is 2. The van der Waals surface area contributed by atoms with Gasteiger partial charge in [0.05, 0.1) is 19.3 Å². The summed E-state index contributed by atoms with van der Waals surface area (Å²) in [5.74, 6) is 0. The van der Waals surface area contributed by atoms with Crippen molar-refractivity contribution in [3.8, 4) is 0 Å². The van der Waals surface area contributed by atoms with Crippen molar-refractivity contribution < 1.29 is 9.53 Å². The number of morpholine rings is 1. The number of para-hydroxylation sites is 1. The molecule has 0 spiro atoms. The molecular formula is C21H28N4O2. The fourth-order valence-electron chi connectivity index (χ4n) is 3.23. The van der Waals surface area contributed by atoms with Crippen LogP contribution in [0.15, 0.2) is 54.6 Å². The van der Waals surface area contributed by atoms with E-state index in [9.17, 15) is 4.79 Å². The predicted molar refractivity (Wildman–Crippen MR) is 109 cm³/mol. The summed E-state index contributed by atoms with van der Waals surface area (Å²) >= 11 is 0. The van der Waals surface area contributed by atoms with Gasteiger partial charge in [0.2, 0.25) is 0 Å². The van der Waals surface area contributed by atoms with Crippen LogP contribution in [0.3, 0.4) is 0 Å². The minimum Gasteiger partial charge on any atom is -0.379 e. The third-order valence-corrected chi connectivity index (χ3v) is 4.77. The van der Waals surface area contributed by atoms with Gasteiger partial charge in [-0.15, -0.1) is 0 Å². The first kappa shape index (κ1) is 19.2. The molecular weight excluding hydrogens is 340 g/mol. The summed E-state index contributed by atoms with van der Waals surface area (Å²) in [6, 6.07) is 17.9. The normalized spacial score (nSPS) is 15.8. The second-order valence-corrected chi connectivity index (χ2v) is 6.85. The Morgan fingerprint density at radius 1 is 1.07 bits per heavy atom. The van der Waals surface area contributed by atoms with Gasteiger partial charge in [0.15, 0.2) is 0 Å². The van der Waals surface area contributed by atoms with Crippen LogP contribution in [-0.2, 0) is 4.74 Å². The minimum absolute atomic E-state index is 0.117. The maximum absolute atomic E-state index is 12.3. The quantitative estimate of drug-likeness (QED) is 0.823. The molecule has 6 heteroatoms. The van der Waals surface area contributed by atoms with Crippen molar-refractivity contribution in [2.75, 3.05) is 57.2 Å². The number of ether oxygens (including phenoxy) is 1. The molecule has 1 heterocycles. The van der Waals surface area contributed by atoms with Crippen molar-refractivity contribution in [2.24, 2.45) is 0 Å². The lowest BCUT2D eigenvalue weighted by Gasteiger charge is -2.35. The van der Waals surface area contributed by atoms with Crippen LogP contribution in [0.4, 0.5) is 16.2 Å². The van der Waals surface area contributed by atoms with Crippen molar-refractivity contribution in [1.82, 2.24) is 10.2 Å². The molecule has 1 saturated heterocycles. The first-order chi connectivity index (χ1) is 13.1. The van der Waals surface area contributed by atoms with Crippen molar-refractivity contribution in [2.45, 2.75) is 6.04 Å². The summed E-state index contributed by atoms with van der Waals surface area (Å²) in [6.07, 6.45) is 0. The van der Waals surface area contributed by atoms with Gasteiger partial charge in [-0.3, -0.25) is 4.90 Å². The number of carbonyl (C=O) groups excluding carboxylic acids is 1. The highest BCUT2D eigenvalue weighted by Crippen LogP contribution is 2.23. The molecule has 2 aromatic carbocycles. The molecule has 27 heavy (non-hydrogen) atoms. The van der Waals surface area contributed by atoms with Crippen LogP contribution in [0.2, 0.25) is 0 Å². The Morgan fingerprint density at radius 3 is 2.37 bits per heavy atom. The molecule has 6 nitrogen and oxygen atoms in total. The van der Waals surface area contributed by atoms with Crippen LogP contribution >= 0.6 is 0 Å². The monoisotopic (exact) mass is 368 g/mol. The molecule has 0 radical (unpaired) electrons. The zero-order valence-electron chi connectivity index (χ0n) is 16.0. The standard InChI is InChI=1S/C21H28N4O2/c1-24(2)19-10-8-17(9-11-19)20(25-12-14-27-15-13-25)16-22-21(26)23-18-6-4-3-5-7-18/h3-11,20H,12-16H2,1-2H3,(H2,22,23,26). The predicted octanol–water partition coefficient (Wildman–Crippen LogP) is 2.95. The van der Waals surface area contributed by atoms with Crippen molar-refractivity contribution in [3.63, 3.8) is 0 Å². The molecule has 2 N–H and O–H groups in total. The molecule has 3 rings (SSSR count). The number of rotatable bonds is 6. The van der Waals surface area contributed by atoms with Gasteiger partial charge in [-0.25, -0.2) is 4.79 Å². The number of anilines is 2. The Morgan fingerprint density at radius 2 is 1.74 bits per heavy atom. The lowest BCUT2D eigenvalue weighted by molar-refractivity contribution is 0.0168. The summed E-state index contributed by atoms with van der Waals surface area (Å²) in [6.45, 7) is 3.72. The van der Waals surface area contributed by atoms with E-state index in [2.05, 4.69) is 44.7 Å². The van der Waals surface area contributed by atoms with Crippen molar-refractivity contribution >= 4 is 17.4 Å². The maximum atomic E-state index is 12.3. The largest absolute Gasteiger partial charge is 0.379 e. The summed E-state index contributed by atoms with van der Waals surface area (Å²) in [5, 5.41) is 5.90. The van der Waals surface area contributed by atoms with Gasteiger partial charge in [0.1, 0.15) is 0 Å². The third kappa shape index (κ3) is 5.45. The van der Waals surface area contributed by atoms with Crippen LogP contribution in [0.5, 0.6) is 0 Å². The summed E-state index contributed by atoms with van der Waals surface area (Å²) in [7, 11) is 4.06. The van der Waals surface area contributed by atoms with Gasteiger partial charge in [-0.05, 0) is 29.8 Å². The van der Waals surface area contributed by atoms with E-state index in [0.29, 0.717) is 6.54 Å². The number of nitrogens with one attached hydrogen (secondary N) is 2. The Kier molecular flexibility index (Phi) is 6.68. The molecule has 0 aromatic heterocycles. The average molecular weight is 368 g/mol. The SMILES string of the molecule is CN(C)c1ccc(C(CNC(=O)Nc2ccccc2)N2CCOCC2)cc1. The molecule has 2 amide bonds. The smallest absolute Gasteiger partial charge is 0.319 e. The van der Waals surface area contributed by atoms with E-state index in [-0.39, 0.29) is 12.1 Å². The fraction of sp³-hybridized carbons (Fsp3) is 0.381. The van der Waals surface area contributed by atoms with Gasteiger partial charge < -0.3 is 20.3 Å². The second-order valence-electron chi connectivity index (χ2n) is 6.85. The number of nitrogens with zero attached hydrogens (tertiary/aromatic N) is 2. The summed E-state index contributed by atoms with van der Waals surface area (Å²) in [4.78, 5) is 16.8. The lowest BCUT2D eigenvalue weighted by atomic mass is 10.0. The number of carbonyl (C=O) groups is 1. The van der Waals surface area contributed by atoms with E-state index >= 15 is 0 Å². The highest BCUT2D eigenvalue weighted by atomic mass is 16.5. The van der Waals surface area contributed by atoms with E-state index in [1.54, 1.807) is 0 Å². The molecule has 1 aliphatic rings. The van der Waals surface area contributed by atoms with E-state index in [1.165, 1.54) is 5.56 Å².